The van der Waals surface area contributed by atoms with Crippen LogP contribution in [0.5, 0.6) is 0 Å². The molecule has 0 radical (unpaired) electrons. The molecule has 81 heavy (non-hydrogen) atoms. The Balaban J connectivity index is 2.34. The van der Waals surface area contributed by atoms with Gasteiger partial charge in [0, 0.05) is 40.3 Å². The third kappa shape index (κ3) is 26.2. The summed E-state index contributed by atoms with van der Waals surface area (Å²) in [5, 5.41) is 16.4. The zero-order valence-electron chi connectivity index (χ0n) is 50.7. The smallest absolute Gasteiger partial charge is 0.408 e. The van der Waals surface area contributed by atoms with Gasteiger partial charge >= 0.3 is 48.4 Å². The molecule has 1 saturated carbocycles. The molecule has 6 unspecified atom stereocenters. The van der Waals surface area contributed by atoms with Gasteiger partial charge in [0.05, 0.1) is 36.4 Å². The normalized spacial score (nSPS) is 26.6. The van der Waals surface area contributed by atoms with Crippen molar-refractivity contribution in [2.24, 2.45) is 0 Å². The molecule has 0 aromatic heterocycles. The molecule has 2 aliphatic heterocycles. The first kappa shape index (κ1) is 69.3. The van der Waals surface area contributed by atoms with Gasteiger partial charge < -0.3 is 88.7 Å². The minimum absolute atomic E-state index is 0.0930. The Bertz CT molecular complexity index is 2160. The van der Waals surface area contributed by atoms with Crippen LogP contribution in [-0.4, -0.2) is 175 Å². The van der Waals surface area contributed by atoms with Crippen molar-refractivity contribution in [2.75, 3.05) is 13.1 Å². The highest BCUT2D eigenvalue weighted by Gasteiger charge is 2.55. The molecular formula is C54H92N6O21. The predicted molar refractivity (Wildman–Crippen MR) is 287 cm³/mol. The van der Waals surface area contributed by atoms with E-state index in [4.69, 9.17) is 56.8 Å². The average molecular weight is 1160 g/mol. The summed E-state index contributed by atoms with van der Waals surface area (Å²) in [6, 6.07) is -4.80. The summed E-state index contributed by atoms with van der Waals surface area (Å²) in [5.74, 6) is -3.55. The SMILES string of the molecule is CCC1C[C@H](NC(=O)OC(C)(C)C)C(OC(C)=O)[C@@H](O[C@@H]2C(OC(C)=O)C(O[C@H]3OC(CNC(=O)OC(C)(C)C)CCC3NC(=O)OC(C)(C)C)[C@@H](NC(=O)OC(C)(C)C)C[C@H]2NC(=O)[C@H](CCNC(=O)OC(C)(C)C)OC(C)=O)O1. The Hall–Kier alpha value is -5.93. The molecule has 1 aliphatic carbocycles. The van der Waals surface area contributed by atoms with Gasteiger partial charge in [-0.25, -0.2) is 24.0 Å². The van der Waals surface area contributed by atoms with Crippen LogP contribution in [0.15, 0.2) is 0 Å². The van der Waals surface area contributed by atoms with Crippen molar-refractivity contribution in [3.05, 3.63) is 0 Å². The number of ether oxygens (including phenoxy) is 12. The number of hydrogen-bond donors (Lipinski definition) is 6. The fourth-order valence-electron chi connectivity index (χ4n) is 8.72. The zero-order valence-corrected chi connectivity index (χ0v) is 50.7. The van der Waals surface area contributed by atoms with Crippen LogP contribution in [0.2, 0.25) is 0 Å². The molecule has 2 heterocycles. The second kappa shape index (κ2) is 29.4. The van der Waals surface area contributed by atoms with Gasteiger partial charge in [-0.1, -0.05) is 6.92 Å². The molecule has 3 aliphatic rings. The van der Waals surface area contributed by atoms with Gasteiger partial charge in [0.2, 0.25) is 0 Å². The minimum atomic E-state index is -1.74. The molecule has 0 spiro atoms. The van der Waals surface area contributed by atoms with Crippen LogP contribution in [-0.2, 0) is 76.0 Å². The van der Waals surface area contributed by atoms with Gasteiger partial charge in [-0.2, -0.15) is 0 Å². The average Bonchev–Trinajstić information content (AvgIpc) is 3.25. The summed E-state index contributed by atoms with van der Waals surface area (Å²) in [4.78, 5) is 120. The van der Waals surface area contributed by atoms with Crippen molar-refractivity contribution in [1.82, 2.24) is 31.9 Å². The van der Waals surface area contributed by atoms with Crippen molar-refractivity contribution in [3.8, 4) is 0 Å². The number of esters is 3. The molecule has 27 heteroatoms. The maximum absolute atomic E-state index is 14.7. The Morgan fingerprint density at radius 2 is 0.864 bits per heavy atom. The Kier molecular flexibility index (Phi) is 25.1. The van der Waals surface area contributed by atoms with Crippen molar-refractivity contribution in [2.45, 2.75) is 278 Å². The molecule has 464 valence electrons. The summed E-state index contributed by atoms with van der Waals surface area (Å²) in [6.07, 6.45) is -16.7. The second-order valence-electron chi connectivity index (χ2n) is 25.1. The summed E-state index contributed by atoms with van der Waals surface area (Å²) in [7, 11) is 0. The van der Waals surface area contributed by atoms with E-state index < -0.39 is 162 Å². The Morgan fingerprint density at radius 3 is 1.32 bits per heavy atom. The molecule has 3 rings (SSSR count). The third-order valence-electron chi connectivity index (χ3n) is 11.5. The fourth-order valence-corrected chi connectivity index (χ4v) is 8.72. The molecule has 0 aromatic carbocycles. The monoisotopic (exact) mass is 1160 g/mol. The van der Waals surface area contributed by atoms with Crippen LogP contribution >= 0.6 is 0 Å². The Morgan fingerprint density at radius 1 is 0.457 bits per heavy atom. The van der Waals surface area contributed by atoms with E-state index in [1.165, 1.54) is 0 Å². The lowest BCUT2D eigenvalue weighted by molar-refractivity contribution is -0.304. The topological polar surface area (TPSA) is 337 Å². The van der Waals surface area contributed by atoms with E-state index in [9.17, 15) is 43.2 Å². The first-order valence-corrected chi connectivity index (χ1v) is 27.4. The number of amides is 6. The largest absolute Gasteiger partial charge is 0.457 e. The van der Waals surface area contributed by atoms with Crippen LogP contribution in [0, 0.1) is 0 Å². The van der Waals surface area contributed by atoms with Crippen molar-refractivity contribution in [3.63, 3.8) is 0 Å². The van der Waals surface area contributed by atoms with Gasteiger partial charge in [-0.3, -0.25) is 19.2 Å². The van der Waals surface area contributed by atoms with Crippen molar-refractivity contribution in [1.29, 1.82) is 0 Å². The van der Waals surface area contributed by atoms with E-state index in [-0.39, 0.29) is 45.2 Å². The van der Waals surface area contributed by atoms with Crippen molar-refractivity contribution < 1.29 is 100.0 Å². The lowest BCUT2D eigenvalue weighted by Crippen LogP contribution is -2.70. The molecule has 0 bridgehead atoms. The molecule has 0 aromatic rings. The first-order valence-electron chi connectivity index (χ1n) is 27.4. The molecule has 2 saturated heterocycles. The lowest BCUT2D eigenvalue weighted by atomic mass is 9.82. The quantitative estimate of drug-likeness (QED) is 0.0719. The second-order valence-corrected chi connectivity index (χ2v) is 25.1. The summed E-state index contributed by atoms with van der Waals surface area (Å²) >= 11 is 0. The lowest BCUT2D eigenvalue weighted by Gasteiger charge is -2.50. The standard InChI is InChI=1S/C54H92N6O21/c1-20-31-25-34(59-48(68)80-53(14,15)16)40(71-29(3)62)44(73-31)76-38-35(57-42(64)37(70-28(2)61)23-24-55-45(65)77-50(5,6)7)26-36(60-49(69)81-54(17,18)19)39(41(38)72-30(4)63)75-43-33(58-47(67)79-52(11,12)13)22-21-32(74-43)27-56-46(66)78-51(8,9)10/h31-41,43-44H,20-27H2,1-19H3,(H,55,65)(H,56,66)(H,57,64)(H,58,67)(H,59,68)(H,60,69)/t31?,32?,33?,34-,35+,36-,37-,38-,39?,40?,41?,43+,44+/m0/s1. The molecular weight excluding hydrogens is 1070 g/mol. The Labute approximate surface area is 475 Å². The number of carbonyl (C=O) groups excluding carboxylic acids is 9. The first-order chi connectivity index (χ1) is 37.1. The highest BCUT2D eigenvalue weighted by atomic mass is 16.7. The molecule has 6 amide bonds. The van der Waals surface area contributed by atoms with E-state index in [0.717, 1.165) is 20.8 Å². The van der Waals surface area contributed by atoms with Crippen molar-refractivity contribution >= 4 is 54.3 Å². The summed E-state index contributed by atoms with van der Waals surface area (Å²) in [6.45, 7) is 29.7. The number of rotatable bonds is 18. The van der Waals surface area contributed by atoms with Gasteiger partial charge in [-0.05, 0) is 136 Å². The van der Waals surface area contributed by atoms with E-state index in [0.29, 0.717) is 6.42 Å². The number of hydrogen-bond acceptors (Lipinski definition) is 21. The third-order valence-corrected chi connectivity index (χ3v) is 11.5. The fraction of sp³-hybridized carbons (Fsp3) is 0.833. The van der Waals surface area contributed by atoms with Crippen LogP contribution in [0.1, 0.15) is 170 Å². The van der Waals surface area contributed by atoms with E-state index in [1.807, 2.05) is 0 Å². The summed E-state index contributed by atoms with van der Waals surface area (Å²) in [5.41, 5.74) is -4.66. The molecule has 6 N–H and O–H groups in total. The number of carbonyl (C=O) groups is 9. The number of alkyl carbamates (subject to hydrolysis) is 5. The minimum Gasteiger partial charge on any atom is -0.457 e. The van der Waals surface area contributed by atoms with E-state index in [1.54, 1.807) is 111 Å². The summed E-state index contributed by atoms with van der Waals surface area (Å²) < 4.78 is 71.9. The molecule has 3 fully saturated rings. The van der Waals surface area contributed by atoms with Crippen LogP contribution in [0.3, 0.4) is 0 Å². The van der Waals surface area contributed by atoms with Gasteiger partial charge in [0.25, 0.3) is 5.91 Å². The predicted octanol–water partition coefficient (Wildman–Crippen LogP) is 5.59. The van der Waals surface area contributed by atoms with Crippen LogP contribution in [0.25, 0.3) is 0 Å². The molecule has 13 atom stereocenters. The van der Waals surface area contributed by atoms with Gasteiger partial charge in [0.15, 0.2) is 30.9 Å². The zero-order chi connectivity index (χ0) is 61.6. The maximum Gasteiger partial charge on any atom is 0.408 e. The van der Waals surface area contributed by atoms with E-state index in [2.05, 4.69) is 31.9 Å². The highest BCUT2D eigenvalue weighted by molar-refractivity contribution is 5.84. The van der Waals surface area contributed by atoms with Gasteiger partial charge in [0.1, 0.15) is 40.2 Å². The molecule has 27 nitrogen and oxygen atoms in total. The van der Waals surface area contributed by atoms with Gasteiger partial charge in [-0.15, -0.1) is 0 Å². The van der Waals surface area contributed by atoms with E-state index >= 15 is 0 Å². The number of nitrogens with one attached hydrogen (secondary N) is 6. The van der Waals surface area contributed by atoms with Crippen LogP contribution < -0.4 is 31.9 Å². The van der Waals surface area contributed by atoms with Crippen LogP contribution in [0.4, 0.5) is 24.0 Å². The highest BCUT2D eigenvalue weighted by Crippen LogP contribution is 2.36. The maximum atomic E-state index is 14.7.